The van der Waals surface area contributed by atoms with Gasteiger partial charge in [0.1, 0.15) is 5.54 Å². The Morgan fingerprint density at radius 2 is 1.86 bits per heavy atom. The number of hydrogen-bond acceptors (Lipinski definition) is 6. The van der Waals surface area contributed by atoms with Crippen molar-refractivity contribution in [3.05, 3.63) is 52.9 Å². The highest BCUT2D eigenvalue weighted by Gasteiger charge is 2.40. The van der Waals surface area contributed by atoms with Gasteiger partial charge in [0.15, 0.2) is 17.3 Å². The van der Waals surface area contributed by atoms with Crippen LogP contribution in [0.4, 0.5) is 10.1 Å². The fourth-order valence-electron chi connectivity index (χ4n) is 4.87. The molecule has 3 N–H and O–H groups in total. The number of amides is 1. The van der Waals surface area contributed by atoms with Crippen molar-refractivity contribution in [2.75, 3.05) is 32.5 Å². The van der Waals surface area contributed by atoms with Gasteiger partial charge in [-0.05, 0) is 69.3 Å². The van der Waals surface area contributed by atoms with E-state index in [0.29, 0.717) is 59.2 Å². The van der Waals surface area contributed by atoms with Crippen LogP contribution in [0, 0.1) is 5.82 Å². The first-order valence-electron chi connectivity index (χ1n) is 12.4. The largest absolute Gasteiger partial charge is 0.504 e. The summed E-state index contributed by atoms with van der Waals surface area (Å²) in [6.45, 7) is 2.70. The molecule has 4 rings (SSSR count). The molecule has 3 aromatic rings. The molecule has 1 aliphatic rings. The van der Waals surface area contributed by atoms with Crippen molar-refractivity contribution >= 4 is 39.9 Å². The zero-order valence-electron chi connectivity index (χ0n) is 21.3. The van der Waals surface area contributed by atoms with Crippen LogP contribution in [-0.2, 0) is 4.79 Å². The maximum atomic E-state index is 14.2. The first kappa shape index (κ1) is 26.8. The van der Waals surface area contributed by atoms with E-state index < -0.39 is 17.1 Å². The number of hydrogen-bond donors (Lipinski definition) is 3. The highest BCUT2D eigenvalue weighted by Crippen LogP contribution is 2.38. The second-order valence-electron chi connectivity index (χ2n) is 9.95. The number of nitrogens with zero attached hydrogens (tertiary/aromatic N) is 2. The Bertz CT molecular complexity index is 1320. The predicted molar refractivity (Wildman–Crippen MR) is 145 cm³/mol. The highest BCUT2D eigenvalue weighted by molar-refractivity contribution is 6.32. The fraction of sp³-hybridized carbons (Fsp3) is 0.393. The molecule has 9 heteroatoms. The summed E-state index contributed by atoms with van der Waals surface area (Å²) in [5.41, 5.74) is 1.77. The molecule has 1 aromatic heterocycles. The number of anilines is 1. The lowest BCUT2D eigenvalue weighted by Crippen LogP contribution is -2.54. The van der Waals surface area contributed by atoms with Crippen molar-refractivity contribution in [2.45, 2.75) is 44.6 Å². The molecule has 2 aromatic carbocycles. The molecule has 0 aliphatic heterocycles. The molecule has 0 saturated heterocycles. The molecule has 0 unspecified atom stereocenters. The van der Waals surface area contributed by atoms with Crippen molar-refractivity contribution in [2.24, 2.45) is 0 Å². The summed E-state index contributed by atoms with van der Waals surface area (Å²) in [6.07, 6.45) is 5.64. The van der Waals surface area contributed by atoms with Crippen LogP contribution in [-0.4, -0.2) is 59.4 Å². The zero-order chi connectivity index (χ0) is 26.7. The lowest BCUT2D eigenvalue weighted by molar-refractivity contribution is -0.126. The van der Waals surface area contributed by atoms with E-state index in [1.807, 2.05) is 19.0 Å². The van der Waals surface area contributed by atoms with Gasteiger partial charge in [0.2, 0.25) is 5.91 Å². The van der Waals surface area contributed by atoms with Gasteiger partial charge in [-0.25, -0.2) is 4.39 Å². The van der Waals surface area contributed by atoms with Crippen LogP contribution in [0.2, 0.25) is 5.02 Å². The number of carbonyl (C=O) groups excluding carboxylic acids is 2. The predicted octanol–water partition coefficient (Wildman–Crippen LogP) is 5.40. The summed E-state index contributed by atoms with van der Waals surface area (Å²) in [4.78, 5) is 32.7. The normalized spacial score (nSPS) is 15.1. The van der Waals surface area contributed by atoms with Crippen LogP contribution >= 0.6 is 11.6 Å². The van der Waals surface area contributed by atoms with Gasteiger partial charge < -0.3 is 20.6 Å². The fourth-order valence-corrected chi connectivity index (χ4v) is 5.08. The number of benzene rings is 2. The molecule has 196 valence electrons. The van der Waals surface area contributed by atoms with Crippen molar-refractivity contribution in [3.8, 4) is 16.9 Å². The third-order valence-corrected chi connectivity index (χ3v) is 7.24. The number of rotatable bonds is 8. The number of aromatic hydroxyl groups is 1. The summed E-state index contributed by atoms with van der Waals surface area (Å²) in [5.74, 6) is -1.70. The van der Waals surface area contributed by atoms with Gasteiger partial charge in [-0.15, -0.1) is 0 Å². The van der Waals surface area contributed by atoms with Gasteiger partial charge >= 0.3 is 0 Å². The third kappa shape index (κ3) is 5.70. The molecule has 1 fully saturated rings. The molecular formula is C28H32ClFN4O3. The average molecular weight is 527 g/mol. The maximum absolute atomic E-state index is 14.2. The number of halogens is 2. The van der Waals surface area contributed by atoms with Crippen molar-refractivity contribution < 1.29 is 19.1 Å². The Balaban J connectivity index is 1.82. The molecule has 1 amide bonds. The number of fused-ring (bicyclic) bond motifs is 1. The number of nitrogens with one attached hydrogen (secondary N) is 2. The van der Waals surface area contributed by atoms with Gasteiger partial charge in [-0.3, -0.25) is 14.6 Å². The molecule has 37 heavy (non-hydrogen) atoms. The lowest BCUT2D eigenvalue weighted by atomic mass is 9.80. The van der Waals surface area contributed by atoms with Crippen molar-refractivity contribution in [1.82, 2.24) is 15.2 Å². The maximum Gasteiger partial charge on any atom is 0.245 e. The van der Waals surface area contributed by atoms with E-state index in [4.69, 9.17) is 11.6 Å². The van der Waals surface area contributed by atoms with E-state index in [1.54, 1.807) is 18.2 Å². The van der Waals surface area contributed by atoms with E-state index >= 15 is 0 Å². The summed E-state index contributed by atoms with van der Waals surface area (Å²) < 4.78 is 14.2. The molecule has 0 spiro atoms. The quantitative estimate of drug-likeness (QED) is 0.340. The number of Topliss-reactive ketones (excluding diaryl/α,β-unsaturated/α-hetero) is 1. The average Bonchev–Trinajstić information content (AvgIpc) is 2.87. The van der Waals surface area contributed by atoms with Gasteiger partial charge in [-0.1, -0.05) is 36.9 Å². The number of pyridine rings is 1. The van der Waals surface area contributed by atoms with Gasteiger partial charge in [0.25, 0.3) is 0 Å². The summed E-state index contributed by atoms with van der Waals surface area (Å²) >= 11 is 6.02. The monoisotopic (exact) mass is 526 g/mol. The van der Waals surface area contributed by atoms with Crippen LogP contribution in [0.1, 0.15) is 49.4 Å². The zero-order valence-corrected chi connectivity index (χ0v) is 22.1. The highest BCUT2D eigenvalue weighted by atomic mass is 35.5. The van der Waals surface area contributed by atoms with Crippen molar-refractivity contribution in [3.63, 3.8) is 0 Å². The van der Waals surface area contributed by atoms with Gasteiger partial charge in [0, 0.05) is 24.7 Å². The lowest BCUT2D eigenvalue weighted by Gasteiger charge is -2.38. The molecular weight excluding hydrogens is 495 g/mol. The number of phenols is 1. The van der Waals surface area contributed by atoms with Crippen LogP contribution in [0.25, 0.3) is 22.0 Å². The number of phenolic OH excluding ortho intramolecular Hbond substituents is 1. The summed E-state index contributed by atoms with van der Waals surface area (Å²) in [7, 11) is 3.90. The van der Waals surface area contributed by atoms with Crippen molar-refractivity contribution in [1.29, 1.82) is 0 Å². The van der Waals surface area contributed by atoms with Gasteiger partial charge in [0.05, 0.1) is 21.8 Å². The Kier molecular flexibility index (Phi) is 7.99. The minimum absolute atomic E-state index is 0.0861. The molecule has 1 heterocycles. The molecule has 0 atom stereocenters. The van der Waals surface area contributed by atoms with E-state index in [9.17, 15) is 19.1 Å². The minimum atomic E-state index is -0.868. The van der Waals surface area contributed by atoms with E-state index in [0.717, 1.165) is 19.3 Å². The van der Waals surface area contributed by atoms with E-state index in [-0.39, 0.29) is 16.7 Å². The molecule has 0 bridgehead atoms. The smallest absolute Gasteiger partial charge is 0.245 e. The Morgan fingerprint density at radius 3 is 2.51 bits per heavy atom. The second kappa shape index (κ2) is 11.0. The third-order valence-electron chi connectivity index (χ3n) is 6.95. The Hall–Kier alpha value is -3.23. The SMILES string of the molecule is CC(=O)c1cnc2ccc(-c3cc(F)c(O)c(Cl)c3)cc2c1NC1(C(=O)NCCN(C)C)CCCCC1. The Labute approximate surface area is 221 Å². The van der Waals surface area contributed by atoms with E-state index in [2.05, 4.69) is 15.6 Å². The van der Waals surface area contributed by atoms with Crippen LogP contribution in [0.3, 0.4) is 0 Å². The first-order valence-corrected chi connectivity index (χ1v) is 12.8. The Morgan fingerprint density at radius 1 is 1.14 bits per heavy atom. The molecule has 1 aliphatic carbocycles. The first-order chi connectivity index (χ1) is 17.6. The molecule has 0 radical (unpaired) electrons. The van der Waals surface area contributed by atoms with Crippen LogP contribution in [0.15, 0.2) is 36.5 Å². The number of aromatic nitrogens is 1. The molecule has 1 saturated carbocycles. The van der Waals surface area contributed by atoms with Crippen LogP contribution in [0.5, 0.6) is 5.75 Å². The summed E-state index contributed by atoms with van der Waals surface area (Å²) in [6, 6.07) is 8.05. The molecule has 7 nitrogen and oxygen atoms in total. The standard InChI is InChI=1S/C28H32ClFN4O3/c1-17(35)21-16-32-24-8-7-18(19-14-22(29)26(36)23(30)15-19)13-20(24)25(21)33-28(9-5-4-6-10-28)27(37)31-11-12-34(2)3/h7-8,13-16,36H,4-6,9-12H2,1-3H3,(H,31,37)(H,32,33). The number of carbonyl (C=O) groups is 2. The number of likely N-dealkylation sites (N-methyl/N-ethyl adjacent to an activating group) is 1. The minimum Gasteiger partial charge on any atom is -0.504 e. The van der Waals surface area contributed by atoms with E-state index in [1.165, 1.54) is 25.3 Å². The van der Waals surface area contributed by atoms with Gasteiger partial charge in [-0.2, -0.15) is 0 Å². The second-order valence-corrected chi connectivity index (χ2v) is 10.4. The topological polar surface area (TPSA) is 94.6 Å². The van der Waals surface area contributed by atoms with Crippen LogP contribution < -0.4 is 10.6 Å². The summed E-state index contributed by atoms with van der Waals surface area (Å²) in [5, 5.41) is 16.9. The number of ketones is 1.